The van der Waals surface area contributed by atoms with Crippen LogP contribution in [0.15, 0.2) is 5.38 Å². The molecular weight excluding hydrogens is 394 g/mol. The van der Waals surface area contributed by atoms with Gasteiger partial charge in [0, 0.05) is 48.7 Å². The second-order valence-corrected chi connectivity index (χ2v) is 10.2. The van der Waals surface area contributed by atoms with Gasteiger partial charge in [-0.3, -0.25) is 4.79 Å². The molecule has 0 bridgehead atoms. The van der Waals surface area contributed by atoms with Crippen molar-refractivity contribution in [2.24, 2.45) is 5.92 Å². The molecule has 5 rings (SSSR count). The molecule has 1 aliphatic carbocycles. The van der Waals surface area contributed by atoms with Crippen molar-refractivity contribution in [3.05, 3.63) is 33.2 Å². The number of anilines is 1. The largest absolute Gasteiger partial charge is 0.356 e. The van der Waals surface area contributed by atoms with E-state index < -0.39 is 0 Å². The molecule has 2 aromatic heterocycles. The van der Waals surface area contributed by atoms with Gasteiger partial charge in [0.2, 0.25) is 5.91 Å². The molecule has 3 aliphatic rings. The molecule has 0 spiro atoms. The van der Waals surface area contributed by atoms with Crippen LogP contribution >= 0.6 is 11.3 Å². The van der Waals surface area contributed by atoms with Crippen molar-refractivity contribution in [2.75, 3.05) is 31.1 Å². The summed E-state index contributed by atoms with van der Waals surface area (Å²) in [5, 5.41) is 3.02. The van der Waals surface area contributed by atoms with E-state index in [1.54, 1.807) is 11.3 Å². The Morgan fingerprint density at radius 1 is 1.13 bits per heavy atom. The molecule has 0 N–H and O–H groups in total. The van der Waals surface area contributed by atoms with Crippen molar-refractivity contribution in [3.8, 4) is 0 Å². The van der Waals surface area contributed by atoms with Crippen molar-refractivity contribution < 1.29 is 4.79 Å². The highest BCUT2D eigenvalue weighted by Crippen LogP contribution is 2.36. The predicted molar refractivity (Wildman–Crippen MR) is 119 cm³/mol. The molecule has 1 saturated carbocycles. The summed E-state index contributed by atoms with van der Waals surface area (Å²) in [6.45, 7) is 7.94. The van der Waals surface area contributed by atoms with Crippen LogP contribution in [0, 0.1) is 19.8 Å². The van der Waals surface area contributed by atoms with Crippen molar-refractivity contribution >= 4 is 23.1 Å². The van der Waals surface area contributed by atoms with Gasteiger partial charge >= 0.3 is 0 Å². The predicted octanol–water partition coefficient (Wildman–Crippen LogP) is 3.66. The Hall–Kier alpha value is -2.02. The maximum Gasteiger partial charge on any atom is 0.228 e. The summed E-state index contributed by atoms with van der Waals surface area (Å²) in [6.07, 6.45) is 7.48. The Labute approximate surface area is 182 Å². The fourth-order valence-electron chi connectivity index (χ4n) is 4.85. The molecule has 2 aromatic rings. The first-order valence-corrected chi connectivity index (χ1v) is 12.3. The number of aryl methyl sites for hydroxylation is 2. The second-order valence-electron chi connectivity index (χ2n) is 9.18. The van der Waals surface area contributed by atoms with Gasteiger partial charge in [0.15, 0.2) is 0 Å². The molecule has 7 heteroatoms. The SMILES string of the molecule is Cc1nc(CC(=O)N2CCC[C@H](c3nc(C)c4c(n3)N(CC3CC3)CCC4)C2)cs1. The molecule has 160 valence electrons. The number of aromatic nitrogens is 3. The Balaban J connectivity index is 1.33. The van der Waals surface area contributed by atoms with E-state index in [-0.39, 0.29) is 11.8 Å². The van der Waals surface area contributed by atoms with Gasteiger partial charge in [-0.1, -0.05) is 0 Å². The van der Waals surface area contributed by atoms with Crippen LogP contribution in [-0.4, -0.2) is 51.9 Å². The summed E-state index contributed by atoms with van der Waals surface area (Å²) in [5.74, 6) is 3.38. The number of thiazole rings is 1. The normalized spacial score (nSPS) is 21.6. The smallest absolute Gasteiger partial charge is 0.228 e. The first-order valence-electron chi connectivity index (χ1n) is 11.4. The number of likely N-dealkylation sites (tertiary alicyclic amines) is 1. The van der Waals surface area contributed by atoms with Crippen molar-refractivity contribution in [1.29, 1.82) is 0 Å². The third kappa shape index (κ3) is 4.22. The van der Waals surface area contributed by atoms with Gasteiger partial charge in [-0.2, -0.15) is 0 Å². The molecule has 0 radical (unpaired) electrons. The topological polar surface area (TPSA) is 62.2 Å². The lowest BCUT2D eigenvalue weighted by Crippen LogP contribution is -2.41. The molecule has 1 atom stereocenters. The molecule has 2 fully saturated rings. The molecular formula is C23H31N5OS. The van der Waals surface area contributed by atoms with Crippen molar-refractivity contribution in [1.82, 2.24) is 19.9 Å². The molecule has 30 heavy (non-hydrogen) atoms. The number of amides is 1. The number of nitrogens with zero attached hydrogens (tertiary/aromatic N) is 5. The minimum absolute atomic E-state index is 0.176. The third-order valence-corrected chi connectivity index (χ3v) is 7.50. The van der Waals surface area contributed by atoms with Crippen LogP contribution in [0.25, 0.3) is 0 Å². The summed E-state index contributed by atoms with van der Waals surface area (Å²) in [7, 11) is 0. The number of fused-ring (bicyclic) bond motifs is 1. The Bertz CT molecular complexity index is 938. The van der Waals surface area contributed by atoms with Gasteiger partial charge in [-0.25, -0.2) is 15.0 Å². The van der Waals surface area contributed by atoms with E-state index >= 15 is 0 Å². The van der Waals surface area contributed by atoms with Crippen LogP contribution in [0.1, 0.15) is 65.8 Å². The van der Waals surface area contributed by atoms with Crippen LogP contribution in [0.5, 0.6) is 0 Å². The number of hydrogen-bond donors (Lipinski definition) is 0. The standard InChI is InChI=1S/C23H31N5OS/c1-15-20-6-4-10-28(12-17-7-8-17)23(20)26-22(24-15)18-5-3-9-27(13-18)21(29)11-19-14-30-16(2)25-19/h14,17-18H,3-13H2,1-2H3/t18-/m0/s1. The lowest BCUT2D eigenvalue weighted by molar-refractivity contribution is -0.131. The first-order chi connectivity index (χ1) is 14.6. The van der Waals surface area contributed by atoms with Crippen LogP contribution < -0.4 is 4.90 Å². The van der Waals surface area contributed by atoms with Crippen molar-refractivity contribution in [3.63, 3.8) is 0 Å². The van der Waals surface area contributed by atoms with Gasteiger partial charge in [-0.15, -0.1) is 11.3 Å². The highest BCUT2D eigenvalue weighted by molar-refractivity contribution is 7.09. The minimum Gasteiger partial charge on any atom is -0.356 e. The van der Waals surface area contributed by atoms with E-state index in [0.717, 1.165) is 73.6 Å². The van der Waals surface area contributed by atoms with Gasteiger partial charge in [0.1, 0.15) is 11.6 Å². The van der Waals surface area contributed by atoms with Gasteiger partial charge < -0.3 is 9.80 Å². The number of carbonyl (C=O) groups excluding carboxylic acids is 1. The number of hydrogen-bond acceptors (Lipinski definition) is 6. The lowest BCUT2D eigenvalue weighted by atomic mass is 9.95. The molecule has 0 aromatic carbocycles. The zero-order valence-electron chi connectivity index (χ0n) is 18.1. The monoisotopic (exact) mass is 425 g/mol. The molecule has 1 saturated heterocycles. The highest BCUT2D eigenvalue weighted by atomic mass is 32.1. The first kappa shape index (κ1) is 19.9. The summed E-state index contributed by atoms with van der Waals surface area (Å²) in [5.41, 5.74) is 3.37. The molecule has 4 heterocycles. The zero-order valence-corrected chi connectivity index (χ0v) is 18.9. The molecule has 1 amide bonds. The Morgan fingerprint density at radius 3 is 2.77 bits per heavy atom. The van der Waals surface area contributed by atoms with Crippen LogP contribution in [-0.2, 0) is 17.6 Å². The lowest BCUT2D eigenvalue weighted by Gasteiger charge is -2.34. The quantitative estimate of drug-likeness (QED) is 0.732. The number of carbonyl (C=O) groups is 1. The van der Waals surface area contributed by atoms with Gasteiger partial charge in [-0.05, 0) is 58.3 Å². The second kappa shape index (κ2) is 8.25. The fraction of sp³-hybridized carbons (Fsp3) is 0.652. The van der Waals surface area contributed by atoms with Crippen molar-refractivity contribution in [2.45, 2.75) is 64.7 Å². The third-order valence-electron chi connectivity index (χ3n) is 6.68. The van der Waals surface area contributed by atoms with E-state index in [4.69, 9.17) is 9.97 Å². The average Bonchev–Trinajstić information content (AvgIpc) is 3.47. The number of rotatable bonds is 5. The molecule has 0 unspecified atom stereocenters. The van der Waals surface area contributed by atoms with Crippen LogP contribution in [0.2, 0.25) is 0 Å². The van der Waals surface area contributed by atoms with E-state index in [9.17, 15) is 4.79 Å². The van der Waals surface area contributed by atoms with Crippen LogP contribution in [0.3, 0.4) is 0 Å². The van der Waals surface area contributed by atoms with E-state index in [2.05, 4.69) is 16.8 Å². The fourth-order valence-corrected chi connectivity index (χ4v) is 5.46. The summed E-state index contributed by atoms with van der Waals surface area (Å²) in [4.78, 5) is 31.9. The van der Waals surface area contributed by atoms with E-state index in [1.807, 2.05) is 17.2 Å². The Kier molecular flexibility index (Phi) is 5.48. The molecule has 2 aliphatic heterocycles. The highest BCUT2D eigenvalue weighted by Gasteiger charge is 2.31. The van der Waals surface area contributed by atoms with E-state index in [0.29, 0.717) is 6.42 Å². The molecule has 6 nitrogen and oxygen atoms in total. The Morgan fingerprint density at radius 2 is 2.00 bits per heavy atom. The minimum atomic E-state index is 0.176. The maximum atomic E-state index is 12.9. The van der Waals surface area contributed by atoms with Crippen LogP contribution in [0.4, 0.5) is 5.82 Å². The summed E-state index contributed by atoms with van der Waals surface area (Å²) in [6, 6.07) is 0. The zero-order chi connectivity index (χ0) is 20.7. The van der Waals surface area contributed by atoms with E-state index in [1.165, 1.54) is 30.6 Å². The number of piperidine rings is 1. The maximum absolute atomic E-state index is 12.9. The van der Waals surface area contributed by atoms with Gasteiger partial charge in [0.05, 0.1) is 17.1 Å². The van der Waals surface area contributed by atoms with Gasteiger partial charge in [0.25, 0.3) is 0 Å². The average molecular weight is 426 g/mol. The summed E-state index contributed by atoms with van der Waals surface area (Å²) >= 11 is 1.61. The summed E-state index contributed by atoms with van der Waals surface area (Å²) < 4.78 is 0.